The van der Waals surface area contributed by atoms with Gasteiger partial charge < -0.3 is 9.80 Å². The minimum Gasteiger partial charge on any atom is -0.333 e. The molecule has 2 aromatic carbocycles. The predicted molar refractivity (Wildman–Crippen MR) is 125 cm³/mol. The zero-order valence-corrected chi connectivity index (χ0v) is 19.3. The second kappa shape index (κ2) is 10.2. The molecule has 34 heavy (non-hydrogen) atoms. The van der Waals surface area contributed by atoms with E-state index >= 15 is 0 Å². The SMILES string of the molecule is CCCN1CCC(N(C(=O)c2ccc(N(C(=O)c3ccccc3)C(F)(F)F)cc2)C2CC2)CC1. The normalized spacial score (nSPS) is 17.4. The van der Waals surface area contributed by atoms with Crippen LogP contribution in [0.4, 0.5) is 18.9 Å². The number of piperidine rings is 1. The number of hydrogen-bond acceptors (Lipinski definition) is 3. The molecule has 1 saturated heterocycles. The van der Waals surface area contributed by atoms with Gasteiger partial charge in [0.25, 0.3) is 11.8 Å². The Kier molecular flexibility index (Phi) is 7.26. The number of benzene rings is 2. The smallest absolute Gasteiger partial charge is 0.333 e. The molecule has 0 atom stereocenters. The van der Waals surface area contributed by atoms with Crippen molar-refractivity contribution in [3.05, 3.63) is 65.7 Å². The molecule has 2 aliphatic rings. The number of amides is 2. The zero-order valence-electron chi connectivity index (χ0n) is 19.3. The predicted octanol–water partition coefficient (Wildman–Crippen LogP) is 5.33. The van der Waals surface area contributed by atoms with Crippen molar-refractivity contribution in [3.63, 3.8) is 0 Å². The summed E-state index contributed by atoms with van der Waals surface area (Å²) in [5.41, 5.74) is -0.0287. The summed E-state index contributed by atoms with van der Waals surface area (Å²) in [6.07, 6.45) is -0.0463. The first-order chi connectivity index (χ1) is 16.3. The van der Waals surface area contributed by atoms with Gasteiger partial charge in [-0.3, -0.25) is 9.59 Å². The fourth-order valence-electron chi connectivity index (χ4n) is 4.71. The van der Waals surface area contributed by atoms with E-state index in [-0.39, 0.29) is 34.1 Å². The van der Waals surface area contributed by atoms with Gasteiger partial charge in [0.05, 0.1) is 5.69 Å². The fourth-order valence-corrected chi connectivity index (χ4v) is 4.71. The van der Waals surface area contributed by atoms with Gasteiger partial charge in [-0.1, -0.05) is 25.1 Å². The maximum Gasteiger partial charge on any atom is 0.491 e. The lowest BCUT2D eigenvalue weighted by molar-refractivity contribution is -0.122. The van der Waals surface area contributed by atoms with Crippen molar-refractivity contribution < 1.29 is 22.8 Å². The number of hydrogen-bond donors (Lipinski definition) is 0. The van der Waals surface area contributed by atoms with Crippen LogP contribution < -0.4 is 4.90 Å². The van der Waals surface area contributed by atoms with Crippen LogP contribution >= 0.6 is 0 Å². The number of alkyl halides is 3. The molecule has 182 valence electrons. The van der Waals surface area contributed by atoms with E-state index in [2.05, 4.69) is 11.8 Å². The van der Waals surface area contributed by atoms with E-state index in [4.69, 9.17) is 0 Å². The van der Waals surface area contributed by atoms with Crippen molar-refractivity contribution >= 4 is 17.5 Å². The van der Waals surface area contributed by atoms with E-state index < -0.39 is 12.2 Å². The largest absolute Gasteiger partial charge is 0.491 e. The van der Waals surface area contributed by atoms with E-state index in [0.717, 1.165) is 51.7 Å². The molecular weight excluding hydrogens is 443 g/mol. The van der Waals surface area contributed by atoms with Crippen molar-refractivity contribution in [2.75, 3.05) is 24.5 Å². The molecule has 2 fully saturated rings. The first-order valence-electron chi connectivity index (χ1n) is 11.9. The Labute approximate surface area is 198 Å². The topological polar surface area (TPSA) is 43.9 Å². The molecule has 0 aromatic heterocycles. The van der Waals surface area contributed by atoms with Crippen molar-refractivity contribution in [2.24, 2.45) is 0 Å². The van der Waals surface area contributed by atoms with Gasteiger partial charge >= 0.3 is 6.30 Å². The third-order valence-electron chi connectivity index (χ3n) is 6.51. The number of likely N-dealkylation sites (tertiary alicyclic amines) is 1. The summed E-state index contributed by atoms with van der Waals surface area (Å²) in [6, 6.07) is 12.9. The summed E-state index contributed by atoms with van der Waals surface area (Å²) in [4.78, 5) is 30.2. The molecule has 1 aliphatic carbocycles. The fraction of sp³-hybridized carbons (Fsp3) is 0.462. The van der Waals surface area contributed by atoms with Crippen LogP contribution in [0.2, 0.25) is 0 Å². The molecule has 2 amide bonds. The molecule has 0 spiro atoms. The first kappa shape index (κ1) is 24.3. The van der Waals surface area contributed by atoms with Gasteiger partial charge in [0, 0.05) is 36.3 Å². The van der Waals surface area contributed by atoms with Gasteiger partial charge in [-0.15, -0.1) is 13.2 Å². The highest BCUT2D eigenvalue weighted by Crippen LogP contribution is 2.35. The molecule has 0 bridgehead atoms. The minimum absolute atomic E-state index is 0.0608. The van der Waals surface area contributed by atoms with E-state index in [1.165, 1.54) is 48.5 Å². The molecule has 0 unspecified atom stereocenters. The van der Waals surface area contributed by atoms with Crippen LogP contribution in [0.5, 0.6) is 0 Å². The Morgan fingerprint density at radius 1 is 0.853 bits per heavy atom. The lowest BCUT2D eigenvalue weighted by Gasteiger charge is -2.39. The number of carbonyl (C=O) groups excluding carboxylic acids is 2. The van der Waals surface area contributed by atoms with Crippen molar-refractivity contribution in [3.8, 4) is 0 Å². The molecule has 1 saturated carbocycles. The third kappa shape index (κ3) is 5.43. The Bertz CT molecular complexity index is 983. The molecule has 1 heterocycles. The zero-order chi connectivity index (χ0) is 24.3. The highest BCUT2D eigenvalue weighted by Gasteiger charge is 2.43. The van der Waals surface area contributed by atoms with Crippen molar-refractivity contribution in [1.82, 2.24) is 9.80 Å². The lowest BCUT2D eigenvalue weighted by atomic mass is 10.0. The maximum atomic E-state index is 13.8. The van der Waals surface area contributed by atoms with E-state index in [0.29, 0.717) is 5.56 Å². The highest BCUT2D eigenvalue weighted by molar-refractivity contribution is 6.06. The molecule has 2 aromatic rings. The third-order valence-corrected chi connectivity index (χ3v) is 6.51. The van der Waals surface area contributed by atoms with Crippen molar-refractivity contribution in [2.45, 2.75) is 57.4 Å². The van der Waals surface area contributed by atoms with Gasteiger partial charge in [0.1, 0.15) is 0 Å². The average Bonchev–Trinajstić information content (AvgIpc) is 3.66. The van der Waals surface area contributed by atoms with Crippen LogP contribution in [-0.2, 0) is 0 Å². The van der Waals surface area contributed by atoms with Crippen LogP contribution in [0.1, 0.15) is 59.7 Å². The highest BCUT2D eigenvalue weighted by atomic mass is 19.4. The molecule has 1 aliphatic heterocycles. The second-order valence-corrected chi connectivity index (χ2v) is 9.04. The summed E-state index contributed by atoms with van der Waals surface area (Å²) in [5.74, 6) is -1.30. The standard InChI is InChI=1S/C26H30F3N3O2/c1-2-16-30-17-14-22(15-18-30)31(21-12-13-21)24(33)20-8-10-23(11-9-20)32(26(27,28)29)25(34)19-6-4-3-5-7-19/h3-11,21-22H,2,12-18H2,1H3. The van der Waals surface area contributed by atoms with Crippen LogP contribution in [0.25, 0.3) is 0 Å². The monoisotopic (exact) mass is 473 g/mol. The Morgan fingerprint density at radius 3 is 1.94 bits per heavy atom. The van der Waals surface area contributed by atoms with Gasteiger partial charge in [0.15, 0.2) is 0 Å². The number of nitrogens with zero attached hydrogens (tertiary/aromatic N) is 3. The van der Waals surface area contributed by atoms with Crippen LogP contribution in [0.3, 0.4) is 0 Å². The Hall–Kier alpha value is -2.87. The van der Waals surface area contributed by atoms with Gasteiger partial charge in [0.2, 0.25) is 0 Å². The van der Waals surface area contributed by atoms with Crippen molar-refractivity contribution in [1.29, 1.82) is 0 Å². The van der Waals surface area contributed by atoms with Gasteiger partial charge in [-0.05, 0) is 75.0 Å². The van der Waals surface area contributed by atoms with Crippen LogP contribution in [0, 0.1) is 0 Å². The number of anilines is 1. The van der Waals surface area contributed by atoms with E-state index in [9.17, 15) is 22.8 Å². The number of rotatable bonds is 7. The summed E-state index contributed by atoms with van der Waals surface area (Å²) >= 11 is 0. The maximum absolute atomic E-state index is 13.8. The Morgan fingerprint density at radius 2 is 1.41 bits per heavy atom. The number of carbonyl (C=O) groups is 2. The molecule has 5 nitrogen and oxygen atoms in total. The van der Waals surface area contributed by atoms with E-state index in [1.807, 2.05) is 4.90 Å². The van der Waals surface area contributed by atoms with Crippen LogP contribution in [-0.4, -0.2) is 59.6 Å². The van der Waals surface area contributed by atoms with E-state index in [1.54, 1.807) is 6.07 Å². The summed E-state index contributed by atoms with van der Waals surface area (Å²) in [5, 5.41) is 0. The average molecular weight is 474 g/mol. The Balaban J connectivity index is 1.52. The van der Waals surface area contributed by atoms with Gasteiger partial charge in [-0.25, -0.2) is 4.90 Å². The lowest BCUT2D eigenvalue weighted by Crippen LogP contribution is -2.48. The quantitative estimate of drug-likeness (QED) is 0.511. The molecule has 0 N–H and O–H groups in total. The summed E-state index contributed by atoms with van der Waals surface area (Å²) in [6.45, 7) is 5.12. The molecule has 4 rings (SSSR count). The molecule has 0 radical (unpaired) electrons. The number of halogens is 3. The summed E-state index contributed by atoms with van der Waals surface area (Å²) in [7, 11) is 0. The molecular formula is C26H30F3N3O2. The minimum atomic E-state index is -4.90. The molecule has 8 heteroatoms. The first-order valence-corrected chi connectivity index (χ1v) is 11.9. The second-order valence-electron chi connectivity index (χ2n) is 9.04. The van der Waals surface area contributed by atoms with Gasteiger partial charge in [-0.2, -0.15) is 0 Å². The summed E-state index contributed by atoms with van der Waals surface area (Å²) < 4.78 is 41.4. The van der Waals surface area contributed by atoms with Crippen LogP contribution in [0.15, 0.2) is 54.6 Å².